The minimum Gasteiger partial charge on any atom is -0.340 e. The van der Waals surface area contributed by atoms with Crippen LogP contribution in [0.15, 0.2) is 24.3 Å². The van der Waals surface area contributed by atoms with Crippen LogP contribution in [-0.4, -0.2) is 39.1 Å². The van der Waals surface area contributed by atoms with Gasteiger partial charge in [0, 0.05) is 13.1 Å². The largest absolute Gasteiger partial charge is 0.340 e. The standard InChI is InChI=1S/C18H26N4O2/c1-2-3-7-13(12-19-24)18(23)22-11-6-10-16(22)17-20-14-8-4-5-9-15(14)21-17/h4-5,8-9,13,16,19,24H,2-3,6-7,10-12H2,1H3,(H,20,21)/t13-,16-/m1/s1. The minimum atomic E-state index is -0.181. The molecule has 2 heterocycles. The van der Waals surface area contributed by atoms with E-state index in [0.717, 1.165) is 55.5 Å². The number of imidazole rings is 1. The Labute approximate surface area is 142 Å². The summed E-state index contributed by atoms with van der Waals surface area (Å²) < 4.78 is 0. The quantitative estimate of drug-likeness (QED) is 0.682. The molecule has 0 spiro atoms. The first kappa shape index (κ1) is 16.9. The highest BCUT2D eigenvalue weighted by Crippen LogP contribution is 2.33. The van der Waals surface area contributed by atoms with Crippen molar-refractivity contribution in [2.24, 2.45) is 5.92 Å². The maximum absolute atomic E-state index is 13.0. The SMILES string of the molecule is CCCC[C@H](CNO)C(=O)N1CCC[C@@H]1c1nc2ccccc2[nH]1. The molecule has 1 aromatic heterocycles. The average molecular weight is 330 g/mol. The summed E-state index contributed by atoms with van der Waals surface area (Å²) in [6.45, 7) is 3.18. The van der Waals surface area contributed by atoms with Crippen LogP contribution >= 0.6 is 0 Å². The van der Waals surface area contributed by atoms with Crippen LogP contribution in [0.1, 0.15) is 50.9 Å². The number of aromatic amines is 1. The summed E-state index contributed by atoms with van der Waals surface area (Å²) in [6, 6.07) is 7.95. The molecule has 2 atom stereocenters. The molecule has 1 amide bonds. The summed E-state index contributed by atoms with van der Waals surface area (Å²) in [7, 11) is 0. The Bertz CT molecular complexity index is 651. The van der Waals surface area contributed by atoms with Crippen LogP contribution in [0.5, 0.6) is 0 Å². The Morgan fingerprint density at radius 2 is 2.33 bits per heavy atom. The van der Waals surface area contributed by atoms with E-state index in [4.69, 9.17) is 5.21 Å². The van der Waals surface area contributed by atoms with Crippen molar-refractivity contribution in [2.45, 2.75) is 45.1 Å². The molecule has 0 bridgehead atoms. The Morgan fingerprint density at radius 3 is 3.08 bits per heavy atom. The van der Waals surface area contributed by atoms with Crippen LogP contribution in [0, 0.1) is 5.92 Å². The van der Waals surface area contributed by atoms with Gasteiger partial charge in [0.2, 0.25) is 5.91 Å². The molecular weight excluding hydrogens is 304 g/mol. The molecule has 1 aromatic carbocycles. The fraction of sp³-hybridized carbons (Fsp3) is 0.556. The first-order valence-corrected chi connectivity index (χ1v) is 8.86. The van der Waals surface area contributed by atoms with Crippen molar-refractivity contribution in [2.75, 3.05) is 13.1 Å². The Hall–Kier alpha value is -1.92. The van der Waals surface area contributed by atoms with Crippen LogP contribution in [0.25, 0.3) is 11.0 Å². The van der Waals surface area contributed by atoms with Crippen LogP contribution < -0.4 is 5.48 Å². The van der Waals surface area contributed by atoms with Gasteiger partial charge in [0.25, 0.3) is 0 Å². The molecule has 0 radical (unpaired) electrons. The zero-order valence-electron chi connectivity index (χ0n) is 14.2. The summed E-state index contributed by atoms with van der Waals surface area (Å²) in [6.07, 6.45) is 4.74. The Balaban J connectivity index is 1.79. The third-order valence-electron chi connectivity index (χ3n) is 4.85. The lowest BCUT2D eigenvalue weighted by molar-refractivity contribution is -0.137. The Kier molecular flexibility index (Phi) is 5.48. The van der Waals surface area contributed by atoms with E-state index in [1.807, 2.05) is 29.2 Å². The highest BCUT2D eigenvalue weighted by molar-refractivity contribution is 5.80. The number of H-pyrrole nitrogens is 1. The molecule has 0 saturated carbocycles. The predicted octanol–water partition coefficient (Wildman–Crippen LogP) is 3.01. The van der Waals surface area contributed by atoms with Gasteiger partial charge in [-0.3, -0.25) is 4.79 Å². The van der Waals surface area contributed by atoms with Crippen molar-refractivity contribution in [3.8, 4) is 0 Å². The van der Waals surface area contributed by atoms with Gasteiger partial charge in [0.1, 0.15) is 5.82 Å². The van der Waals surface area contributed by atoms with Gasteiger partial charge in [-0.15, -0.1) is 0 Å². The molecule has 2 aromatic rings. The maximum Gasteiger partial charge on any atom is 0.227 e. The molecule has 3 rings (SSSR count). The minimum absolute atomic E-state index is 0.00715. The first-order valence-electron chi connectivity index (χ1n) is 8.86. The summed E-state index contributed by atoms with van der Waals surface area (Å²) in [5.41, 5.74) is 4.13. The number of para-hydroxylation sites is 2. The summed E-state index contributed by atoms with van der Waals surface area (Å²) >= 11 is 0. The number of likely N-dealkylation sites (tertiary alicyclic amines) is 1. The number of amides is 1. The van der Waals surface area contributed by atoms with E-state index in [1.165, 1.54) is 0 Å². The molecular formula is C18H26N4O2. The number of carbonyl (C=O) groups is 1. The van der Waals surface area contributed by atoms with Crippen LogP contribution in [0.2, 0.25) is 0 Å². The monoisotopic (exact) mass is 330 g/mol. The van der Waals surface area contributed by atoms with Crippen molar-refractivity contribution in [1.82, 2.24) is 20.3 Å². The maximum atomic E-state index is 13.0. The Morgan fingerprint density at radius 1 is 1.50 bits per heavy atom. The summed E-state index contributed by atoms with van der Waals surface area (Å²) in [5.74, 6) is 0.807. The van der Waals surface area contributed by atoms with Gasteiger partial charge in [0.05, 0.1) is 23.0 Å². The lowest BCUT2D eigenvalue weighted by atomic mass is 10.00. The highest BCUT2D eigenvalue weighted by atomic mass is 16.5. The number of hydrogen-bond acceptors (Lipinski definition) is 4. The molecule has 1 aliphatic rings. The fourth-order valence-electron chi connectivity index (χ4n) is 3.55. The van der Waals surface area contributed by atoms with Crippen molar-refractivity contribution in [3.05, 3.63) is 30.1 Å². The number of nitrogens with one attached hydrogen (secondary N) is 2. The number of rotatable bonds is 7. The van der Waals surface area contributed by atoms with Crippen LogP contribution in [0.4, 0.5) is 0 Å². The number of fused-ring (bicyclic) bond motifs is 1. The van der Waals surface area contributed by atoms with Crippen LogP contribution in [0.3, 0.4) is 0 Å². The second-order valence-electron chi connectivity index (χ2n) is 6.53. The van der Waals surface area contributed by atoms with E-state index in [1.54, 1.807) is 0 Å². The van der Waals surface area contributed by atoms with Gasteiger partial charge in [-0.2, -0.15) is 0 Å². The van der Waals surface area contributed by atoms with Gasteiger partial charge in [-0.1, -0.05) is 31.9 Å². The molecule has 6 nitrogen and oxygen atoms in total. The number of hydroxylamine groups is 1. The van der Waals surface area contributed by atoms with Gasteiger partial charge in [-0.25, -0.2) is 10.5 Å². The van der Waals surface area contributed by atoms with E-state index < -0.39 is 0 Å². The van der Waals surface area contributed by atoms with E-state index in [0.29, 0.717) is 6.54 Å². The molecule has 0 aliphatic carbocycles. The van der Waals surface area contributed by atoms with Gasteiger partial charge < -0.3 is 15.1 Å². The molecule has 1 saturated heterocycles. The highest BCUT2D eigenvalue weighted by Gasteiger charge is 2.35. The molecule has 6 heteroatoms. The van der Waals surface area contributed by atoms with E-state index in [9.17, 15) is 4.79 Å². The lowest BCUT2D eigenvalue weighted by Gasteiger charge is -2.27. The predicted molar refractivity (Wildman–Crippen MR) is 92.6 cm³/mol. The molecule has 24 heavy (non-hydrogen) atoms. The fourth-order valence-corrected chi connectivity index (χ4v) is 3.55. The summed E-state index contributed by atoms with van der Waals surface area (Å²) in [4.78, 5) is 23.0. The average Bonchev–Trinajstić information content (AvgIpc) is 3.23. The molecule has 130 valence electrons. The molecule has 1 fully saturated rings. The van der Waals surface area contributed by atoms with Crippen molar-refractivity contribution < 1.29 is 10.0 Å². The normalized spacial score (nSPS) is 19.1. The van der Waals surface area contributed by atoms with E-state index in [-0.39, 0.29) is 17.9 Å². The second kappa shape index (κ2) is 7.77. The number of hydrogen-bond donors (Lipinski definition) is 3. The smallest absolute Gasteiger partial charge is 0.227 e. The van der Waals surface area contributed by atoms with E-state index >= 15 is 0 Å². The number of nitrogens with zero attached hydrogens (tertiary/aromatic N) is 2. The zero-order valence-corrected chi connectivity index (χ0v) is 14.2. The topological polar surface area (TPSA) is 81.2 Å². The van der Waals surface area contributed by atoms with Gasteiger partial charge >= 0.3 is 0 Å². The van der Waals surface area contributed by atoms with Crippen molar-refractivity contribution in [1.29, 1.82) is 0 Å². The number of benzene rings is 1. The molecule has 3 N–H and O–H groups in total. The lowest BCUT2D eigenvalue weighted by Crippen LogP contribution is -2.39. The second-order valence-corrected chi connectivity index (χ2v) is 6.53. The number of unbranched alkanes of at least 4 members (excludes halogenated alkanes) is 1. The number of carbonyl (C=O) groups excluding carboxylic acids is 1. The zero-order chi connectivity index (χ0) is 16.9. The van der Waals surface area contributed by atoms with Crippen molar-refractivity contribution in [3.63, 3.8) is 0 Å². The van der Waals surface area contributed by atoms with E-state index in [2.05, 4.69) is 22.4 Å². The third kappa shape index (κ3) is 3.44. The van der Waals surface area contributed by atoms with Crippen LogP contribution in [-0.2, 0) is 4.79 Å². The first-order chi connectivity index (χ1) is 11.7. The molecule has 1 aliphatic heterocycles. The number of aromatic nitrogens is 2. The van der Waals surface area contributed by atoms with Crippen molar-refractivity contribution >= 4 is 16.9 Å². The van der Waals surface area contributed by atoms with Gasteiger partial charge in [0.15, 0.2) is 0 Å². The van der Waals surface area contributed by atoms with Gasteiger partial charge in [-0.05, 0) is 31.4 Å². The third-order valence-corrected chi connectivity index (χ3v) is 4.85. The summed E-state index contributed by atoms with van der Waals surface area (Å²) in [5, 5.41) is 9.07. The molecule has 0 unspecified atom stereocenters.